The topological polar surface area (TPSA) is 77.2 Å². The van der Waals surface area contributed by atoms with E-state index in [1.165, 1.54) is 16.9 Å². The van der Waals surface area contributed by atoms with Crippen LogP contribution in [0.25, 0.3) is 0 Å². The van der Waals surface area contributed by atoms with E-state index in [4.69, 9.17) is 10.5 Å². The lowest BCUT2D eigenvalue weighted by Crippen LogP contribution is -2.56. The van der Waals surface area contributed by atoms with Crippen LogP contribution in [0, 0.1) is 0 Å². The fraction of sp³-hybridized carbons (Fsp3) is 0.474. The van der Waals surface area contributed by atoms with E-state index in [1.807, 2.05) is 18.2 Å². The zero-order valence-corrected chi connectivity index (χ0v) is 16.2. The number of nitrogens with two attached hydrogens (primary N) is 1. The second-order valence-corrected chi connectivity index (χ2v) is 8.06. The molecule has 0 radical (unpaired) electrons. The van der Waals surface area contributed by atoms with E-state index in [0.29, 0.717) is 11.4 Å². The molecule has 1 atom stereocenters. The van der Waals surface area contributed by atoms with E-state index in [1.54, 1.807) is 6.20 Å². The summed E-state index contributed by atoms with van der Waals surface area (Å²) in [6.07, 6.45) is 5.57. The van der Waals surface area contributed by atoms with Crippen LogP contribution in [0.2, 0.25) is 0 Å². The molecule has 0 unspecified atom stereocenters. The Balaban J connectivity index is 0.00000196. The number of nitrogens with zero attached hydrogens (tertiary/aromatic N) is 1. The molecule has 0 spiro atoms. The third-order valence-electron chi connectivity index (χ3n) is 5.34. The number of amides is 1. The molecule has 3 N–H and O–H groups in total. The first-order chi connectivity index (χ1) is 12.2. The summed E-state index contributed by atoms with van der Waals surface area (Å²) in [7, 11) is 0. The molecule has 1 aromatic heterocycles. The van der Waals surface area contributed by atoms with Gasteiger partial charge >= 0.3 is 0 Å². The van der Waals surface area contributed by atoms with Crippen molar-refractivity contribution in [1.82, 2.24) is 10.3 Å². The number of thiazole rings is 1. The zero-order valence-electron chi connectivity index (χ0n) is 14.5. The van der Waals surface area contributed by atoms with E-state index in [2.05, 4.69) is 22.4 Å². The van der Waals surface area contributed by atoms with Crippen LogP contribution in [-0.2, 0) is 10.2 Å². The lowest BCUT2D eigenvalue weighted by atomic mass is 9.61. The largest absolute Gasteiger partial charge is 0.371 e. The zero-order chi connectivity index (χ0) is 17.3. The summed E-state index contributed by atoms with van der Waals surface area (Å²) >= 11 is 1.44. The fourth-order valence-electron chi connectivity index (χ4n) is 3.87. The van der Waals surface area contributed by atoms with Crippen molar-refractivity contribution < 1.29 is 9.53 Å². The van der Waals surface area contributed by atoms with Crippen LogP contribution in [0.4, 0.5) is 0 Å². The smallest absolute Gasteiger partial charge is 0.263 e. The van der Waals surface area contributed by atoms with Crippen molar-refractivity contribution in [2.75, 3.05) is 13.2 Å². The second kappa shape index (κ2) is 8.05. The minimum Gasteiger partial charge on any atom is -0.371 e. The summed E-state index contributed by atoms with van der Waals surface area (Å²) in [5, 5.41) is 4.04. The van der Waals surface area contributed by atoms with Gasteiger partial charge in [-0.1, -0.05) is 30.3 Å². The molecule has 140 valence electrons. The van der Waals surface area contributed by atoms with Gasteiger partial charge in [0.1, 0.15) is 16.0 Å². The molecule has 1 aromatic carbocycles. The molecule has 2 aliphatic rings. The fourth-order valence-corrected chi connectivity index (χ4v) is 4.77. The minimum absolute atomic E-state index is 0. The number of ether oxygens (including phenoxy) is 1. The van der Waals surface area contributed by atoms with Gasteiger partial charge in [0.15, 0.2) is 0 Å². The summed E-state index contributed by atoms with van der Waals surface area (Å²) in [5.41, 5.74) is 7.30. The molecule has 1 saturated heterocycles. The number of carbonyl (C=O) groups excluding carboxylic acids is 1. The summed E-state index contributed by atoms with van der Waals surface area (Å²) < 4.78 is 5.64. The third kappa shape index (κ3) is 3.64. The van der Waals surface area contributed by atoms with Crippen molar-refractivity contribution in [1.29, 1.82) is 0 Å². The Hall–Kier alpha value is -1.47. The monoisotopic (exact) mass is 393 g/mol. The van der Waals surface area contributed by atoms with Crippen LogP contribution in [0.1, 0.15) is 52.0 Å². The number of benzene rings is 1. The van der Waals surface area contributed by atoms with E-state index in [0.717, 1.165) is 37.3 Å². The van der Waals surface area contributed by atoms with Crippen LogP contribution in [-0.4, -0.2) is 30.1 Å². The quantitative estimate of drug-likeness (QED) is 0.817. The molecule has 26 heavy (non-hydrogen) atoms. The summed E-state index contributed by atoms with van der Waals surface area (Å²) in [5.74, 6) is -0.0366. The molecule has 4 rings (SSSR count). The maximum atomic E-state index is 12.5. The van der Waals surface area contributed by atoms with Crippen molar-refractivity contribution in [3.05, 3.63) is 52.0 Å². The van der Waals surface area contributed by atoms with Gasteiger partial charge in [0.05, 0.1) is 6.20 Å². The van der Waals surface area contributed by atoms with Crippen LogP contribution in [0.3, 0.4) is 0 Å². The average Bonchev–Trinajstić information content (AvgIpc) is 3.29. The predicted octanol–water partition coefficient (Wildman–Crippen LogP) is 3.21. The van der Waals surface area contributed by atoms with E-state index in [9.17, 15) is 4.79 Å². The molecule has 2 fully saturated rings. The first-order valence-corrected chi connectivity index (χ1v) is 9.66. The summed E-state index contributed by atoms with van der Waals surface area (Å²) in [4.78, 5) is 17.5. The molecule has 1 aliphatic carbocycles. The first-order valence-electron chi connectivity index (χ1n) is 8.84. The molecule has 2 aromatic rings. The highest BCUT2D eigenvalue weighted by Crippen LogP contribution is 2.43. The molecule has 1 aliphatic heterocycles. The van der Waals surface area contributed by atoms with E-state index >= 15 is 0 Å². The molecule has 0 bridgehead atoms. The van der Waals surface area contributed by atoms with Crippen LogP contribution >= 0.6 is 23.7 Å². The van der Waals surface area contributed by atoms with Gasteiger partial charge in [-0.2, -0.15) is 0 Å². The van der Waals surface area contributed by atoms with E-state index in [-0.39, 0.29) is 35.9 Å². The highest BCUT2D eigenvalue weighted by atomic mass is 35.5. The Labute approximate surface area is 163 Å². The third-order valence-corrected chi connectivity index (χ3v) is 6.43. The number of rotatable bonds is 5. The number of carbonyl (C=O) groups is 1. The van der Waals surface area contributed by atoms with Crippen LogP contribution in [0.15, 0.2) is 36.5 Å². The molecular formula is C19H24ClN3O2S. The van der Waals surface area contributed by atoms with Gasteiger partial charge in [-0.25, -0.2) is 4.98 Å². The van der Waals surface area contributed by atoms with Crippen molar-refractivity contribution in [2.24, 2.45) is 5.73 Å². The van der Waals surface area contributed by atoms with Gasteiger partial charge < -0.3 is 15.8 Å². The minimum atomic E-state index is -0.0366. The first kappa shape index (κ1) is 19.3. The van der Waals surface area contributed by atoms with Crippen LogP contribution < -0.4 is 11.1 Å². The number of hydrogen-bond donors (Lipinski definition) is 2. The SMILES string of the molecule is Cl.NCC1(c2ccccc2)CC(NC(=O)c2cnc([C@@H]3CCCO3)s2)C1. The van der Waals surface area contributed by atoms with E-state index < -0.39 is 0 Å². The molecule has 2 heterocycles. The molecular weight excluding hydrogens is 370 g/mol. The van der Waals surface area contributed by atoms with Crippen molar-refractivity contribution in [3.63, 3.8) is 0 Å². The Morgan fingerprint density at radius 3 is 2.77 bits per heavy atom. The van der Waals surface area contributed by atoms with Crippen molar-refractivity contribution in [3.8, 4) is 0 Å². The van der Waals surface area contributed by atoms with Gasteiger partial charge in [0.25, 0.3) is 5.91 Å². The van der Waals surface area contributed by atoms with Crippen LogP contribution in [0.5, 0.6) is 0 Å². The maximum absolute atomic E-state index is 12.5. The highest BCUT2D eigenvalue weighted by molar-refractivity contribution is 7.13. The predicted molar refractivity (Wildman–Crippen MR) is 105 cm³/mol. The Morgan fingerprint density at radius 1 is 1.35 bits per heavy atom. The second-order valence-electron chi connectivity index (χ2n) is 6.99. The van der Waals surface area contributed by atoms with Crippen molar-refractivity contribution >= 4 is 29.7 Å². The summed E-state index contributed by atoms with van der Waals surface area (Å²) in [6.45, 7) is 1.39. The van der Waals surface area contributed by atoms with Gasteiger partial charge in [0, 0.05) is 24.6 Å². The maximum Gasteiger partial charge on any atom is 0.263 e. The molecule has 1 saturated carbocycles. The number of halogens is 1. The number of aromatic nitrogens is 1. The number of nitrogens with one attached hydrogen (secondary N) is 1. The molecule has 1 amide bonds. The lowest BCUT2D eigenvalue weighted by molar-refractivity contribution is 0.0870. The Bertz CT molecular complexity index is 740. The number of hydrogen-bond acceptors (Lipinski definition) is 5. The van der Waals surface area contributed by atoms with Gasteiger partial charge in [-0.3, -0.25) is 4.79 Å². The molecule has 7 heteroatoms. The standard InChI is InChI=1S/C19H23N3O2S.ClH/c20-12-19(13-5-2-1-3-6-13)9-14(10-19)22-17(23)16-11-21-18(25-16)15-7-4-8-24-15;/h1-3,5-6,11,14-15H,4,7-10,12,20H2,(H,22,23);1H/t14?,15-,19?;/m0./s1. The Morgan fingerprint density at radius 2 is 2.12 bits per heavy atom. The van der Waals surface area contributed by atoms with Gasteiger partial charge in [-0.05, 0) is 31.2 Å². The summed E-state index contributed by atoms with van der Waals surface area (Å²) in [6, 6.07) is 10.5. The van der Waals surface area contributed by atoms with Gasteiger partial charge in [0.2, 0.25) is 0 Å². The van der Waals surface area contributed by atoms with Gasteiger partial charge in [-0.15, -0.1) is 23.7 Å². The lowest BCUT2D eigenvalue weighted by Gasteiger charge is -2.47. The molecule has 5 nitrogen and oxygen atoms in total. The average molecular weight is 394 g/mol. The Kier molecular flexibility index (Phi) is 5.97. The van der Waals surface area contributed by atoms with Crippen molar-refractivity contribution in [2.45, 2.75) is 43.2 Å². The normalized spacial score (nSPS) is 27.4. The highest BCUT2D eigenvalue weighted by Gasteiger charge is 2.45.